The van der Waals surface area contributed by atoms with Gasteiger partial charge in [-0.15, -0.1) is 0 Å². The smallest absolute Gasteiger partial charge is 0.407 e. The summed E-state index contributed by atoms with van der Waals surface area (Å²) in [4.78, 5) is 86.2. The van der Waals surface area contributed by atoms with E-state index in [-0.39, 0.29) is 43.8 Å². The summed E-state index contributed by atoms with van der Waals surface area (Å²) < 4.78 is 9.34. The van der Waals surface area contributed by atoms with Crippen LogP contribution >= 0.6 is 0 Å². The molecular weight excluding hydrogens is 745 g/mol. The molecule has 1 saturated heterocycles. The number of carbonyl (C=O) groups excluding carboxylic acids is 5. The Hall–Kier alpha value is -6.23. The molecule has 1 atom stereocenters. The quantitative estimate of drug-likeness (QED) is 0.122. The first-order valence-electron chi connectivity index (χ1n) is 19.5. The van der Waals surface area contributed by atoms with Gasteiger partial charge < -0.3 is 49.7 Å². The summed E-state index contributed by atoms with van der Waals surface area (Å²) in [6.07, 6.45) is 3.29. The molecule has 0 radical (unpaired) electrons. The number of aromatic amines is 2. The van der Waals surface area contributed by atoms with Crippen LogP contribution in [0.15, 0.2) is 60.9 Å². The Bertz CT molecular complexity index is 1990. The van der Waals surface area contributed by atoms with Gasteiger partial charge in [-0.05, 0) is 42.1 Å². The van der Waals surface area contributed by atoms with E-state index in [1.165, 1.54) is 14.2 Å². The number of H-pyrrole nitrogens is 2. The van der Waals surface area contributed by atoms with Crippen molar-refractivity contribution in [3.05, 3.63) is 72.6 Å². The lowest BCUT2D eigenvalue weighted by Crippen LogP contribution is -2.53. The van der Waals surface area contributed by atoms with Gasteiger partial charge >= 0.3 is 12.2 Å². The summed E-state index contributed by atoms with van der Waals surface area (Å²) in [6.45, 7) is 7.77. The zero-order chi connectivity index (χ0) is 41.6. The molecule has 1 unspecified atom stereocenters. The average Bonchev–Trinajstić information content (AvgIpc) is 3.92. The van der Waals surface area contributed by atoms with Gasteiger partial charge in [0.05, 0.1) is 57.5 Å². The van der Waals surface area contributed by atoms with Gasteiger partial charge in [0.15, 0.2) is 0 Å². The van der Waals surface area contributed by atoms with Crippen molar-refractivity contribution in [2.24, 2.45) is 0 Å². The van der Waals surface area contributed by atoms with Crippen molar-refractivity contribution in [1.82, 2.24) is 50.2 Å². The molecule has 4 aromatic rings. The highest BCUT2D eigenvalue weighted by Crippen LogP contribution is 2.27. The van der Waals surface area contributed by atoms with Crippen molar-refractivity contribution in [3.63, 3.8) is 0 Å². The number of nitrogens with one attached hydrogen (secondary N) is 4. The number of hydrogen-bond acceptors (Lipinski definition) is 10. The zero-order valence-corrected chi connectivity index (χ0v) is 33.9. The van der Waals surface area contributed by atoms with E-state index < -0.39 is 18.2 Å². The SMILES string of the molecule is CCCN(Cc1ncc(-c2ccc(-c3ccc(-c4cnc(CN(CCC)C(=O)C(CC(=O)N5CCN(C)CC5)NC(=O)OC)[nH]4)cc3)cc2)[nH]1)C(=O)CNC(=O)OC. The maximum Gasteiger partial charge on any atom is 0.407 e. The number of alkyl carbamates (subject to hydrolysis) is 2. The Balaban J connectivity index is 1.20. The fourth-order valence-electron chi connectivity index (χ4n) is 6.64. The number of imidazole rings is 2. The fourth-order valence-corrected chi connectivity index (χ4v) is 6.64. The first-order valence-corrected chi connectivity index (χ1v) is 19.5. The van der Waals surface area contributed by atoms with Gasteiger partial charge in [-0.25, -0.2) is 19.6 Å². The van der Waals surface area contributed by atoms with Crippen molar-refractivity contribution in [1.29, 1.82) is 0 Å². The highest BCUT2D eigenvalue weighted by Gasteiger charge is 2.31. The zero-order valence-electron chi connectivity index (χ0n) is 33.9. The second-order valence-electron chi connectivity index (χ2n) is 14.1. The number of piperazine rings is 1. The molecule has 0 aliphatic carbocycles. The monoisotopic (exact) mass is 798 g/mol. The lowest BCUT2D eigenvalue weighted by atomic mass is 10.0. The third-order valence-corrected chi connectivity index (χ3v) is 9.89. The molecule has 5 amide bonds. The van der Waals surface area contributed by atoms with Gasteiger partial charge in [0, 0.05) is 39.3 Å². The first kappa shape index (κ1) is 42.9. The summed E-state index contributed by atoms with van der Waals surface area (Å²) in [5, 5.41) is 5.01. The maximum absolute atomic E-state index is 13.8. The molecule has 17 nitrogen and oxygen atoms in total. The molecule has 5 rings (SSSR count). The summed E-state index contributed by atoms with van der Waals surface area (Å²) in [6, 6.07) is 15.1. The van der Waals surface area contributed by atoms with Gasteiger partial charge in [0.1, 0.15) is 24.2 Å². The number of ether oxygens (including phenoxy) is 2. The number of methoxy groups -OCH3 is 2. The Kier molecular flexibility index (Phi) is 15.4. The van der Waals surface area contributed by atoms with Gasteiger partial charge in [0.25, 0.3) is 0 Å². The van der Waals surface area contributed by atoms with E-state index in [4.69, 9.17) is 4.74 Å². The van der Waals surface area contributed by atoms with E-state index >= 15 is 0 Å². The first-order chi connectivity index (χ1) is 28.0. The molecule has 1 aliphatic rings. The minimum Gasteiger partial charge on any atom is -0.453 e. The molecule has 1 aliphatic heterocycles. The topological polar surface area (TPSA) is 198 Å². The molecule has 0 saturated carbocycles. The van der Waals surface area contributed by atoms with E-state index in [1.807, 2.05) is 69.4 Å². The van der Waals surface area contributed by atoms with Crippen LogP contribution in [0.3, 0.4) is 0 Å². The van der Waals surface area contributed by atoms with Crippen molar-refractivity contribution in [2.75, 3.05) is 67.1 Å². The number of carbonyl (C=O) groups is 5. The van der Waals surface area contributed by atoms with E-state index in [2.05, 4.69) is 40.2 Å². The third-order valence-electron chi connectivity index (χ3n) is 9.89. The average molecular weight is 799 g/mol. The number of likely N-dealkylation sites (N-methyl/N-ethyl adjacent to an activating group) is 1. The minimum absolute atomic E-state index is 0.159. The Morgan fingerprint density at radius 1 is 0.724 bits per heavy atom. The van der Waals surface area contributed by atoms with Gasteiger partial charge in [-0.2, -0.15) is 0 Å². The Morgan fingerprint density at radius 2 is 1.21 bits per heavy atom. The molecule has 17 heteroatoms. The number of hydrogen-bond donors (Lipinski definition) is 4. The molecule has 0 bridgehead atoms. The Morgan fingerprint density at radius 3 is 1.71 bits per heavy atom. The summed E-state index contributed by atoms with van der Waals surface area (Å²) in [5.41, 5.74) is 5.49. The van der Waals surface area contributed by atoms with E-state index in [0.717, 1.165) is 53.2 Å². The Labute approximate surface area is 338 Å². The summed E-state index contributed by atoms with van der Waals surface area (Å²) >= 11 is 0. The molecule has 2 aromatic carbocycles. The van der Waals surface area contributed by atoms with Crippen LogP contribution in [0, 0.1) is 0 Å². The maximum atomic E-state index is 13.8. The van der Waals surface area contributed by atoms with Crippen molar-refractivity contribution >= 4 is 29.9 Å². The third kappa shape index (κ3) is 11.7. The molecular formula is C41H54N10O7. The van der Waals surface area contributed by atoms with Gasteiger partial charge in [0.2, 0.25) is 17.7 Å². The predicted molar refractivity (Wildman–Crippen MR) is 217 cm³/mol. The highest BCUT2D eigenvalue weighted by atomic mass is 16.5. The second-order valence-corrected chi connectivity index (χ2v) is 14.1. The van der Waals surface area contributed by atoms with Crippen molar-refractivity contribution in [2.45, 2.75) is 52.2 Å². The molecule has 58 heavy (non-hydrogen) atoms. The number of aromatic nitrogens is 4. The second kappa shape index (κ2) is 20.8. The van der Waals surface area contributed by atoms with Crippen LogP contribution in [0.1, 0.15) is 44.8 Å². The molecule has 1 fully saturated rings. The molecule has 3 heterocycles. The van der Waals surface area contributed by atoms with Crippen LogP contribution in [0.4, 0.5) is 9.59 Å². The van der Waals surface area contributed by atoms with Crippen LogP contribution in [0.5, 0.6) is 0 Å². The summed E-state index contributed by atoms with van der Waals surface area (Å²) in [7, 11) is 4.47. The minimum atomic E-state index is -1.08. The molecule has 4 N–H and O–H groups in total. The lowest BCUT2D eigenvalue weighted by molar-refractivity contribution is -0.140. The number of nitrogens with zero attached hydrogens (tertiary/aromatic N) is 6. The molecule has 2 aromatic heterocycles. The summed E-state index contributed by atoms with van der Waals surface area (Å²) in [5.74, 6) is 0.397. The predicted octanol–water partition coefficient (Wildman–Crippen LogP) is 3.86. The van der Waals surface area contributed by atoms with Crippen molar-refractivity contribution in [3.8, 4) is 33.6 Å². The van der Waals surface area contributed by atoms with Crippen LogP contribution in [-0.4, -0.2) is 143 Å². The normalized spacial score (nSPS) is 13.4. The highest BCUT2D eigenvalue weighted by molar-refractivity contribution is 5.91. The number of rotatable bonds is 17. The van der Waals surface area contributed by atoms with Crippen LogP contribution in [0.2, 0.25) is 0 Å². The van der Waals surface area contributed by atoms with E-state index in [0.29, 0.717) is 44.2 Å². The van der Waals surface area contributed by atoms with Gasteiger partial charge in [-0.1, -0.05) is 62.4 Å². The van der Waals surface area contributed by atoms with E-state index in [9.17, 15) is 24.0 Å². The number of amides is 5. The standard InChI is InChI=1S/C41H54N10O7/c1-6-16-50(38(53)25-44-40(55)57-4)26-35-42-23-33(45-35)30-12-8-28(9-13-30)29-10-14-31(15-11-29)34-24-43-36(46-34)27-51(17-7-2)39(54)32(47-41(56)58-5)22-37(52)49-20-18-48(3)19-21-49/h8-15,23-24,32H,6-7,16-22,25-27H2,1-5H3,(H,42,45)(H,43,46)(H,44,55)(H,47,56). The number of benzene rings is 2. The van der Waals surface area contributed by atoms with Gasteiger partial charge in [-0.3, -0.25) is 14.4 Å². The van der Waals surface area contributed by atoms with Crippen LogP contribution < -0.4 is 10.6 Å². The van der Waals surface area contributed by atoms with Crippen LogP contribution in [0.25, 0.3) is 33.6 Å². The lowest BCUT2D eigenvalue weighted by Gasteiger charge is -2.34. The van der Waals surface area contributed by atoms with E-state index in [1.54, 1.807) is 27.1 Å². The van der Waals surface area contributed by atoms with Crippen LogP contribution in [-0.2, 0) is 36.9 Å². The molecule has 310 valence electrons. The fraction of sp³-hybridized carbons (Fsp3) is 0.439. The largest absolute Gasteiger partial charge is 0.453 e. The molecule has 0 spiro atoms. The van der Waals surface area contributed by atoms with Crippen molar-refractivity contribution < 1.29 is 33.4 Å².